The first-order valence-corrected chi connectivity index (χ1v) is 8.95. The zero-order chi connectivity index (χ0) is 17.1. The third kappa shape index (κ3) is 3.22. The van der Waals surface area contributed by atoms with Crippen molar-refractivity contribution >= 4 is 28.2 Å². The highest BCUT2D eigenvalue weighted by Crippen LogP contribution is 2.35. The van der Waals surface area contributed by atoms with Crippen LogP contribution in [0.1, 0.15) is 45.2 Å². The number of carbonyl (C=O) groups is 2. The molecule has 128 valence electrons. The van der Waals surface area contributed by atoms with E-state index in [1.165, 1.54) is 22.5 Å². The number of ether oxygens (including phenoxy) is 1. The van der Waals surface area contributed by atoms with Crippen LogP contribution in [0.3, 0.4) is 0 Å². The number of esters is 1. The summed E-state index contributed by atoms with van der Waals surface area (Å²) in [5.74, 6) is -0.509. The van der Waals surface area contributed by atoms with E-state index < -0.39 is 0 Å². The second kappa shape index (κ2) is 7.19. The van der Waals surface area contributed by atoms with Crippen LogP contribution >= 0.6 is 11.3 Å². The maximum atomic E-state index is 12.4. The van der Waals surface area contributed by atoms with Gasteiger partial charge in [0.15, 0.2) is 5.76 Å². The van der Waals surface area contributed by atoms with Crippen LogP contribution in [0, 0.1) is 0 Å². The van der Waals surface area contributed by atoms with Gasteiger partial charge in [0.1, 0.15) is 11.5 Å². The number of rotatable bonds is 5. The third-order valence-corrected chi connectivity index (χ3v) is 5.33. The first kappa shape index (κ1) is 16.7. The topological polar surface area (TPSA) is 73.0 Å². The van der Waals surface area contributed by atoms with Crippen LogP contribution in [-0.4, -0.2) is 31.6 Å². The number of fused-ring (bicyclic) bond motifs is 1. The quantitative estimate of drug-likeness (QED) is 0.807. The highest BCUT2D eigenvalue weighted by Gasteiger charge is 2.31. The van der Waals surface area contributed by atoms with Crippen LogP contribution in [0.2, 0.25) is 0 Å². The normalized spacial score (nSPS) is 16.5. The Labute approximate surface area is 144 Å². The lowest BCUT2D eigenvalue weighted by atomic mass is 10.0. The minimum absolute atomic E-state index is 0.219. The molecule has 0 bridgehead atoms. The number of anilines is 1. The largest absolute Gasteiger partial charge is 0.462 e. The molecule has 2 aromatic rings. The summed E-state index contributed by atoms with van der Waals surface area (Å²) in [5.41, 5.74) is 1.53. The number of furan rings is 1. The van der Waals surface area contributed by atoms with Crippen LogP contribution in [0.25, 0.3) is 0 Å². The molecule has 24 heavy (non-hydrogen) atoms. The van der Waals surface area contributed by atoms with E-state index >= 15 is 0 Å². The molecule has 2 aromatic heterocycles. The monoisotopic (exact) mass is 349 g/mol. The van der Waals surface area contributed by atoms with Gasteiger partial charge in [-0.3, -0.25) is 4.79 Å². The number of carbonyl (C=O) groups excluding carboxylic acids is 2. The highest BCUT2D eigenvalue weighted by molar-refractivity contribution is 7.17. The Kier molecular flexibility index (Phi) is 5.01. The van der Waals surface area contributed by atoms with Gasteiger partial charge in [-0.05, 0) is 31.5 Å². The minimum atomic E-state index is -0.371. The fraction of sp³-hybridized carbons (Fsp3) is 0.412. The van der Waals surface area contributed by atoms with Crippen LogP contribution in [0.15, 0.2) is 22.8 Å². The fourth-order valence-corrected chi connectivity index (χ4v) is 4.22. The Morgan fingerprint density at radius 2 is 2.25 bits per heavy atom. The van der Waals surface area contributed by atoms with Crippen molar-refractivity contribution in [1.29, 1.82) is 0 Å². The number of hydrogen-bond donors (Lipinski definition) is 2. The van der Waals surface area contributed by atoms with Crippen LogP contribution in [0.4, 0.5) is 5.00 Å². The zero-order valence-electron chi connectivity index (χ0n) is 13.8. The number of amides is 1. The van der Waals surface area contributed by atoms with Crippen LogP contribution < -0.4 is 10.2 Å². The molecule has 0 saturated heterocycles. The van der Waals surface area contributed by atoms with E-state index in [0.717, 1.165) is 36.5 Å². The Bertz CT molecular complexity index is 736. The molecule has 0 aromatic carbocycles. The molecule has 1 aliphatic rings. The number of thiophene rings is 1. The first-order valence-electron chi connectivity index (χ1n) is 8.14. The third-order valence-electron chi connectivity index (χ3n) is 4.18. The SMILES string of the molecule is CCOC(=O)c1c(NC(=O)c2ccco2)sc2c1CC[NH+](CC)C2. The Balaban J connectivity index is 1.93. The van der Waals surface area contributed by atoms with Gasteiger partial charge in [-0.15, -0.1) is 11.3 Å². The minimum Gasteiger partial charge on any atom is -0.462 e. The molecule has 1 aliphatic heterocycles. The summed E-state index contributed by atoms with van der Waals surface area (Å²) in [6, 6.07) is 3.25. The van der Waals surface area contributed by atoms with Gasteiger partial charge in [0, 0.05) is 6.42 Å². The van der Waals surface area contributed by atoms with Crippen LogP contribution in [-0.2, 0) is 17.7 Å². The average molecular weight is 349 g/mol. The summed E-state index contributed by atoms with van der Waals surface area (Å²) in [7, 11) is 0. The molecule has 6 nitrogen and oxygen atoms in total. The smallest absolute Gasteiger partial charge is 0.341 e. The molecular weight excluding hydrogens is 328 g/mol. The van der Waals surface area contributed by atoms with Crippen molar-refractivity contribution in [2.75, 3.05) is 25.0 Å². The molecule has 3 heterocycles. The first-order chi connectivity index (χ1) is 11.6. The van der Waals surface area contributed by atoms with Gasteiger partial charge >= 0.3 is 5.97 Å². The van der Waals surface area contributed by atoms with Gasteiger partial charge < -0.3 is 19.4 Å². The van der Waals surface area contributed by atoms with Crippen molar-refractivity contribution in [2.24, 2.45) is 0 Å². The molecule has 0 radical (unpaired) electrons. The summed E-state index contributed by atoms with van der Waals surface area (Å²) in [6.07, 6.45) is 2.27. The molecule has 0 saturated carbocycles. The summed E-state index contributed by atoms with van der Waals surface area (Å²) in [4.78, 5) is 27.3. The molecule has 7 heteroatoms. The number of quaternary nitrogens is 1. The maximum Gasteiger partial charge on any atom is 0.341 e. The van der Waals surface area contributed by atoms with Crippen molar-refractivity contribution in [2.45, 2.75) is 26.8 Å². The lowest BCUT2D eigenvalue weighted by Gasteiger charge is -2.22. The van der Waals surface area contributed by atoms with Gasteiger partial charge in [-0.2, -0.15) is 0 Å². The van der Waals surface area contributed by atoms with Crippen molar-refractivity contribution in [3.05, 3.63) is 40.2 Å². The van der Waals surface area contributed by atoms with E-state index in [4.69, 9.17) is 9.15 Å². The molecule has 3 rings (SSSR count). The molecule has 2 N–H and O–H groups in total. The second-order valence-electron chi connectivity index (χ2n) is 5.64. The van der Waals surface area contributed by atoms with E-state index in [2.05, 4.69) is 12.2 Å². The standard InChI is InChI=1S/C17H20N2O4S/c1-3-19-8-7-11-13(10-19)24-16(14(11)17(21)22-4-2)18-15(20)12-6-5-9-23-12/h5-6,9H,3-4,7-8,10H2,1-2H3,(H,18,20)/p+1. The summed E-state index contributed by atoms with van der Waals surface area (Å²) < 4.78 is 10.3. The Morgan fingerprint density at radius 3 is 2.92 bits per heavy atom. The van der Waals surface area contributed by atoms with Crippen molar-refractivity contribution in [1.82, 2.24) is 0 Å². The van der Waals surface area contributed by atoms with E-state index in [0.29, 0.717) is 17.2 Å². The molecule has 1 unspecified atom stereocenters. The van der Waals surface area contributed by atoms with Crippen molar-refractivity contribution in [3.63, 3.8) is 0 Å². The summed E-state index contributed by atoms with van der Waals surface area (Å²) in [5, 5.41) is 3.37. The molecular formula is C17H21N2O4S+. The molecule has 0 aliphatic carbocycles. The second-order valence-corrected chi connectivity index (χ2v) is 6.75. The Morgan fingerprint density at radius 1 is 1.42 bits per heavy atom. The predicted molar refractivity (Wildman–Crippen MR) is 90.7 cm³/mol. The van der Waals surface area contributed by atoms with Crippen molar-refractivity contribution < 1.29 is 23.6 Å². The predicted octanol–water partition coefficient (Wildman–Crippen LogP) is 1.73. The van der Waals surface area contributed by atoms with Gasteiger partial charge in [0.25, 0.3) is 5.91 Å². The van der Waals surface area contributed by atoms with Crippen molar-refractivity contribution in [3.8, 4) is 0 Å². The maximum absolute atomic E-state index is 12.4. The summed E-state index contributed by atoms with van der Waals surface area (Å²) in [6.45, 7) is 7.14. The average Bonchev–Trinajstić information content (AvgIpc) is 3.21. The van der Waals surface area contributed by atoms with E-state index in [1.54, 1.807) is 19.1 Å². The molecule has 0 spiro atoms. The van der Waals surface area contributed by atoms with E-state index in [-0.39, 0.29) is 17.6 Å². The number of hydrogen-bond acceptors (Lipinski definition) is 5. The van der Waals surface area contributed by atoms with Gasteiger partial charge in [0.05, 0.1) is 36.4 Å². The highest BCUT2D eigenvalue weighted by atomic mass is 32.1. The number of nitrogens with one attached hydrogen (secondary N) is 2. The lowest BCUT2D eigenvalue weighted by molar-refractivity contribution is -0.913. The molecule has 1 amide bonds. The fourth-order valence-electron chi connectivity index (χ4n) is 2.92. The molecule has 1 atom stereocenters. The van der Waals surface area contributed by atoms with Gasteiger partial charge in [0.2, 0.25) is 0 Å². The van der Waals surface area contributed by atoms with Gasteiger partial charge in [-0.25, -0.2) is 4.79 Å². The number of likely N-dealkylation sites (N-methyl/N-ethyl adjacent to an activating group) is 1. The van der Waals surface area contributed by atoms with E-state index in [1.807, 2.05) is 0 Å². The molecule has 0 fully saturated rings. The van der Waals surface area contributed by atoms with Crippen LogP contribution in [0.5, 0.6) is 0 Å². The van der Waals surface area contributed by atoms with E-state index in [9.17, 15) is 9.59 Å². The summed E-state index contributed by atoms with van der Waals surface area (Å²) >= 11 is 1.47. The lowest BCUT2D eigenvalue weighted by Crippen LogP contribution is -3.11. The zero-order valence-corrected chi connectivity index (χ0v) is 14.6. The Hall–Kier alpha value is -2.12. The van der Waals surface area contributed by atoms with Gasteiger partial charge in [-0.1, -0.05) is 0 Å².